The van der Waals surface area contributed by atoms with E-state index >= 15 is 0 Å². The lowest BCUT2D eigenvalue weighted by Gasteiger charge is -2.12. The van der Waals surface area contributed by atoms with Crippen LogP contribution in [-0.2, 0) is 4.79 Å². The standard InChI is InChI=1S/C33H28FN3O3/c1-37(2)29-19-10-23(11-20-29)12-21-31(38)25-13-17-28(18-14-25)35-33(40)30(22-24-8-15-27(34)16-9-24)36-32(39)26-6-4-3-5-7-26/h3-22H,1-2H3,(H,35,40)(H,36,39)/b21-12+,30-22-. The number of rotatable bonds is 9. The van der Waals surface area contributed by atoms with Gasteiger partial charge in [-0.15, -0.1) is 0 Å². The average molecular weight is 534 g/mol. The van der Waals surface area contributed by atoms with Gasteiger partial charge in [0.05, 0.1) is 0 Å². The molecule has 2 amide bonds. The Balaban J connectivity index is 1.46. The number of benzene rings is 4. The molecular formula is C33H28FN3O3. The molecule has 2 N–H and O–H groups in total. The Labute approximate surface area is 232 Å². The van der Waals surface area contributed by atoms with Gasteiger partial charge >= 0.3 is 0 Å². The van der Waals surface area contributed by atoms with Crippen molar-refractivity contribution in [3.63, 3.8) is 0 Å². The monoisotopic (exact) mass is 533 g/mol. The molecule has 0 aliphatic carbocycles. The van der Waals surface area contributed by atoms with Crippen molar-refractivity contribution in [3.05, 3.63) is 143 Å². The molecule has 0 unspecified atom stereocenters. The van der Waals surface area contributed by atoms with Crippen LogP contribution in [0.3, 0.4) is 0 Å². The van der Waals surface area contributed by atoms with E-state index in [9.17, 15) is 18.8 Å². The van der Waals surface area contributed by atoms with Crippen molar-refractivity contribution in [2.75, 3.05) is 24.3 Å². The minimum Gasteiger partial charge on any atom is -0.378 e. The molecule has 0 heterocycles. The summed E-state index contributed by atoms with van der Waals surface area (Å²) in [6, 6.07) is 28.3. The van der Waals surface area contributed by atoms with E-state index in [1.807, 2.05) is 43.3 Å². The SMILES string of the molecule is CN(C)c1ccc(/C=C/C(=O)c2ccc(NC(=O)/C(=C/c3ccc(F)cc3)NC(=O)c3ccccc3)cc2)cc1. The van der Waals surface area contributed by atoms with E-state index in [-0.39, 0.29) is 11.5 Å². The predicted octanol–water partition coefficient (Wildman–Crippen LogP) is 6.20. The third-order valence-electron chi connectivity index (χ3n) is 5.97. The summed E-state index contributed by atoms with van der Waals surface area (Å²) in [4.78, 5) is 40.5. The van der Waals surface area contributed by atoms with Crippen LogP contribution in [0.2, 0.25) is 0 Å². The molecule has 0 atom stereocenters. The van der Waals surface area contributed by atoms with Crippen LogP contribution in [0.25, 0.3) is 12.2 Å². The number of carbonyl (C=O) groups excluding carboxylic acids is 3. The van der Waals surface area contributed by atoms with Crippen molar-refractivity contribution in [2.45, 2.75) is 0 Å². The molecule has 0 bridgehead atoms. The number of hydrogen-bond donors (Lipinski definition) is 2. The second-order valence-corrected chi connectivity index (χ2v) is 9.14. The van der Waals surface area contributed by atoms with Gasteiger partial charge in [-0.2, -0.15) is 0 Å². The molecule has 4 aromatic carbocycles. The zero-order valence-corrected chi connectivity index (χ0v) is 22.1. The molecule has 0 fully saturated rings. The minimum atomic E-state index is -0.575. The second kappa shape index (κ2) is 13.0. The largest absolute Gasteiger partial charge is 0.378 e. The highest BCUT2D eigenvalue weighted by Crippen LogP contribution is 2.16. The van der Waals surface area contributed by atoms with Crippen LogP contribution in [0.4, 0.5) is 15.8 Å². The summed E-state index contributed by atoms with van der Waals surface area (Å²) >= 11 is 0. The Hall–Kier alpha value is -5.30. The first-order valence-electron chi connectivity index (χ1n) is 12.5. The van der Waals surface area contributed by atoms with Gasteiger partial charge in [0.2, 0.25) is 0 Å². The fourth-order valence-corrected chi connectivity index (χ4v) is 3.74. The van der Waals surface area contributed by atoms with Gasteiger partial charge in [-0.1, -0.05) is 48.5 Å². The van der Waals surface area contributed by atoms with Gasteiger partial charge in [-0.05, 0) is 83.9 Å². The first-order chi connectivity index (χ1) is 19.3. The van der Waals surface area contributed by atoms with Crippen molar-refractivity contribution in [2.24, 2.45) is 0 Å². The maximum atomic E-state index is 13.4. The number of ketones is 1. The van der Waals surface area contributed by atoms with Crippen LogP contribution >= 0.6 is 0 Å². The van der Waals surface area contributed by atoms with Crippen LogP contribution in [0, 0.1) is 5.82 Å². The van der Waals surface area contributed by atoms with Crippen LogP contribution < -0.4 is 15.5 Å². The first-order valence-corrected chi connectivity index (χ1v) is 12.5. The lowest BCUT2D eigenvalue weighted by atomic mass is 10.1. The van der Waals surface area contributed by atoms with Gasteiger partial charge in [0, 0.05) is 36.6 Å². The van der Waals surface area contributed by atoms with E-state index in [0.29, 0.717) is 22.4 Å². The van der Waals surface area contributed by atoms with E-state index in [2.05, 4.69) is 10.6 Å². The number of nitrogens with one attached hydrogen (secondary N) is 2. The highest BCUT2D eigenvalue weighted by Gasteiger charge is 2.15. The smallest absolute Gasteiger partial charge is 0.272 e. The van der Waals surface area contributed by atoms with Gasteiger partial charge < -0.3 is 15.5 Å². The van der Waals surface area contributed by atoms with Crippen molar-refractivity contribution in [1.29, 1.82) is 0 Å². The van der Waals surface area contributed by atoms with E-state index < -0.39 is 17.6 Å². The molecule has 0 aliphatic heterocycles. The summed E-state index contributed by atoms with van der Waals surface area (Å²) in [5.41, 5.74) is 3.75. The molecule has 0 aromatic heterocycles. The molecule has 4 aromatic rings. The molecule has 6 nitrogen and oxygen atoms in total. The quantitative estimate of drug-likeness (QED) is 0.198. The van der Waals surface area contributed by atoms with Crippen LogP contribution in [-0.4, -0.2) is 31.7 Å². The third-order valence-corrected chi connectivity index (χ3v) is 5.97. The van der Waals surface area contributed by atoms with E-state index in [0.717, 1.165) is 11.3 Å². The maximum absolute atomic E-state index is 13.4. The van der Waals surface area contributed by atoms with Gasteiger partial charge in [-0.3, -0.25) is 14.4 Å². The minimum absolute atomic E-state index is 0.0242. The summed E-state index contributed by atoms with van der Waals surface area (Å²) in [6.45, 7) is 0. The van der Waals surface area contributed by atoms with Crippen molar-refractivity contribution >= 4 is 41.1 Å². The van der Waals surface area contributed by atoms with Gasteiger partial charge in [0.25, 0.3) is 11.8 Å². The topological polar surface area (TPSA) is 78.5 Å². The van der Waals surface area contributed by atoms with E-state index in [1.165, 1.54) is 36.4 Å². The van der Waals surface area contributed by atoms with Crippen LogP contribution in [0.5, 0.6) is 0 Å². The number of nitrogens with zero attached hydrogens (tertiary/aromatic N) is 1. The maximum Gasteiger partial charge on any atom is 0.272 e. The Morgan fingerprint density at radius 1 is 0.725 bits per heavy atom. The normalized spacial score (nSPS) is 11.2. The number of amides is 2. The van der Waals surface area contributed by atoms with Crippen molar-refractivity contribution in [3.8, 4) is 0 Å². The Morgan fingerprint density at radius 3 is 1.98 bits per heavy atom. The zero-order chi connectivity index (χ0) is 28.5. The Morgan fingerprint density at radius 2 is 1.35 bits per heavy atom. The zero-order valence-electron chi connectivity index (χ0n) is 22.1. The summed E-state index contributed by atoms with van der Waals surface area (Å²) in [7, 11) is 3.92. The lowest BCUT2D eigenvalue weighted by molar-refractivity contribution is -0.113. The summed E-state index contributed by atoms with van der Waals surface area (Å²) in [5.74, 6) is -1.63. The molecular weight excluding hydrogens is 505 g/mol. The molecule has 0 saturated heterocycles. The molecule has 0 spiro atoms. The molecule has 0 radical (unpaired) electrons. The fraction of sp³-hybridized carbons (Fsp3) is 0.0606. The molecule has 0 saturated carbocycles. The molecule has 200 valence electrons. The van der Waals surface area contributed by atoms with Gasteiger partial charge in [0.1, 0.15) is 11.5 Å². The third kappa shape index (κ3) is 7.61. The highest BCUT2D eigenvalue weighted by molar-refractivity contribution is 6.11. The Bertz CT molecular complexity index is 1540. The average Bonchev–Trinajstić information content (AvgIpc) is 2.97. The van der Waals surface area contributed by atoms with E-state index in [4.69, 9.17) is 0 Å². The number of halogens is 1. The fourth-order valence-electron chi connectivity index (χ4n) is 3.74. The van der Waals surface area contributed by atoms with Crippen molar-refractivity contribution < 1.29 is 18.8 Å². The predicted molar refractivity (Wildman–Crippen MR) is 157 cm³/mol. The molecule has 0 aliphatic rings. The lowest BCUT2D eigenvalue weighted by Crippen LogP contribution is -2.30. The number of anilines is 2. The molecule has 4 rings (SSSR count). The second-order valence-electron chi connectivity index (χ2n) is 9.14. The summed E-state index contributed by atoms with van der Waals surface area (Å²) in [6.07, 6.45) is 4.71. The van der Waals surface area contributed by atoms with Gasteiger partial charge in [0.15, 0.2) is 5.78 Å². The van der Waals surface area contributed by atoms with Crippen molar-refractivity contribution in [1.82, 2.24) is 5.32 Å². The number of carbonyl (C=O) groups is 3. The van der Waals surface area contributed by atoms with Crippen LogP contribution in [0.1, 0.15) is 31.8 Å². The van der Waals surface area contributed by atoms with Gasteiger partial charge in [-0.25, -0.2) is 4.39 Å². The van der Waals surface area contributed by atoms with Crippen LogP contribution in [0.15, 0.2) is 115 Å². The highest BCUT2D eigenvalue weighted by atomic mass is 19.1. The first kappa shape index (κ1) is 27.7. The summed E-state index contributed by atoms with van der Waals surface area (Å²) < 4.78 is 13.4. The van der Waals surface area contributed by atoms with E-state index in [1.54, 1.807) is 60.7 Å². The summed E-state index contributed by atoms with van der Waals surface area (Å²) in [5, 5.41) is 5.38. The Kier molecular flexibility index (Phi) is 8.99. The molecule has 7 heteroatoms. The number of hydrogen-bond acceptors (Lipinski definition) is 4. The number of allylic oxidation sites excluding steroid dienone is 1. The molecule has 40 heavy (non-hydrogen) atoms.